The first-order valence-corrected chi connectivity index (χ1v) is 9.45. The van der Waals surface area contributed by atoms with Gasteiger partial charge in [-0.25, -0.2) is 9.97 Å². The number of ether oxygens (including phenoxy) is 1. The van der Waals surface area contributed by atoms with E-state index < -0.39 is 0 Å². The Labute approximate surface area is 157 Å². The summed E-state index contributed by atoms with van der Waals surface area (Å²) >= 11 is 1.76. The molecule has 1 N–H and O–H groups in total. The lowest BCUT2D eigenvalue weighted by atomic mass is 10.2. The number of hydrogen-bond acceptors (Lipinski definition) is 6. The molecule has 0 bridgehead atoms. The summed E-state index contributed by atoms with van der Waals surface area (Å²) in [6.45, 7) is 6.11. The van der Waals surface area contributed by atoms with Crippen molar-refractivity contribution in [3.05, 3.63) is 70.2 Å². The first-order chi connectivity index (χ1) is 12.6. The predicted octanol–water partition coefficient (Wildman–Crippen LogP) is 4.02. The van der Waals surface area contributed by atoms with Crippen molar-refractivity contribution in [2.75, 3.05) is 6.54 Å². The number of aliphatic hydroxyl groups is 1. The number of aromatic nitrogens is 2. The van der Waals surface area contributed by atoms with Gasteiger partial charge < -0.3 is 9.84 Å². The number of nitrogens with zero attached hydrogens (tertiary/aromatic N) is 3. The molecule has 0 amide bonds. The Balaban J connectivity index is 1.71. The molecule has 0 aliphatic carbocycles. The van der Waals surface area contributed by atoms with Gasteiger partial charge in [0.25, 0.3) is 0 Å². The third-order valence-corrected chi connectivity index (χ3v) is 4.92. The Hall–Kier alpha value is -2.28. The second kappa shape index (κ2) is 8.89. The summed E-state index contributed by atoms with van der Waals surface area (Å²) in [6, 6.07) is 12.1. The van der Waals surface area contributed by atoms with Crippen molar-refractivity contribution >= 4 is 11.3 Å². The summed E-state index contributed by atoms with van der Waals surface area (Å²) in [5.74, 6) is 0.706. The Kier molecular flexibility index (Phi) is 6.33. The van der Waals surface area contributed by atoms with Crippen molar-refractivity contribution in [2.45, 2.75) is 33.0 Å². The van der Waals surface area contributed by atoms with Gasteiger partial charge in [-0.05, 0) is 54.6 Å². The number of aliphatic hydroxyl groups excluding tert-OH is 1. The topological polar surface area (TPSA) is 58.5 Å². The van der Waals surface area contributed by atoms with E-state index in [-0.39, 0.29) is 6.10 Å². The van der Waals surface area contributed by atoms with Gasteiger partial charge in [-0.1, -0.05) is 12.1 Å². The molecule has 0 aliphatic rings. The molecule has 26 heavy (non-hydrogen) atoms. The van der Waals surface area contributed by atoms with Gasteiger partial charge in [-0.15, -0.1) is 11.3 Å². The van der Waals surface area contributed by atoms with Crippen LogP contribution in [0, 0.1) is 6.92 Å². The zero-order valence-electron chi connectivity index (χ0n) is 15.0. The van der Waals surface area contributed by atoms with Gasteiger partial charge >= 0.3 is 6.01 Å². The highest BCUT2D eigenvalue weighted by atomic mass is 32.1. The van der Waals surface area contributed by atoms with E-state index in [0.29, 0.717) is 18.3 Å². The Morgan fingerprint density at radius 2 is 1.96 bits per heavy atom. The highest BCUT2D eigenvalue weighted by Crippen LogP contribution is 2.22. The smallest absolute Gasteiger partial charge is 0.321 e. The van der Waals surface area contributed by atoms with E-state index in [1.807, 2.05) is 25.1 Å². The van der Waals surface area contributed by atoms with Crippen LogP contribution in [0.3, 0.4) is 0 Å². The van der Waals surface area contributed by atoms with Crippen molar-refractivity contribution in [3.8, 4) is 11.8 Å². The molecule has 0 spiro atoms. The lowest BCUT2D eigenvalue weighted by Crippen LogP contribution is -2.30. The molecule has 2 heterocycles. The fraction of sp³-hybridized carbons (Fsp3) is 0.300. The van der Waals surface area contributed by atoms with E-state index in [4.69, 9.17) is 4.74 Å². The van der Waals surface area contributed by atoms with Crippen LogP contribution in [0.5, 0.6) is 11.8 Å². The molecule has 0 radical (unpaired) electrons. The summed E-state index contributed by atoms with van der Waals surface area (Å²) in [5.41, 5.74) is 2.41. The zero-order chi connectivity index (χ0) is 18.4. The van der Waals surface area contributed by atoms with Crippen LogP contribution in [0.4, 0.5) is 0 Å². The molecule has 0 saturated carbocycles. The molecule has 3 aromatic rings. The van der Waals surface area contributed by atoms with E-state index in [0.717, 1.165) is 18.7 Å². The van der Waals surface area contributed by atoms with Crippen LogP contribution >= 0.6 is 11.3 Å². The van der Waals surface area contributed by atoms with Crippen LogP contribution in [0.15, 0.2) is 54.2 Å². The van der Waals surface area contributed by atoms with E-state index >= 15 is 0 Å². The lowest BCUT2D eigenvalue weighted by Gasteiger charge is -2.24. The number of thiophene rings is 1. The highest BCUT2D eigenvalue weighted by molar-refractivity contribution is 7.10. The fourth-order valence-corrected chi connectivity index (χ4v) is 3.68. The van der Waals surface area contributed by atoms with Gasteiger partial charge in [-0.3, -0.25) is 4.90 Å². The molecular weight excluding hydrogens is 346 g/mol. The number of benzene rings is 1. The Morgan fingerprint density at radius 1 is 1.15 bits per heavy atom. The average Bonchev–Trinajstić information content (AvgIpc) is 3.00. The third-order valence-electron chi connectivity index (χ3n) is 3.91. The van der Waals surface area contributed by atoms with Crippen LogP contribution < -0.4 is 4.74 Å². The molecule has 2 aromatic heterocycles. The van der Waals surface area contributed by atoms with Gasteiger partial charge in [-0.2, -0.15) is 0 Å². The van der Waals surface area contributed by atoms with Gasteiger partial charge in [0.1, 0.15) is 5.75 Å². The Bertz CT molecular complexity index is 821. The van der Waals surface area contributed by atoms with Gasteiger partial charge in [0.15, 0.2) is 0 Å². The number of aryl methyl sites for hydroxylation is 1. The molecule has 1 unspecified atom stereocenters. The molecule has 1 atom stereocenters. The van der Waals surface area contributed by atoms with Crippen molar-refractivity contribution in [1.29, 1.82) is 0 Å². The quantitative estimate of drug-likeness (QED) is 0.650. The summed E-state index contributed by atoms with van der Waals surface area (Å²) in [7, 11) is 0. The molecule has 0 aliphatic heterocycles. The van der Waals surface area contributed by atoms with Crippen LogP contribution in [-0.4, -0.2) is 32.6 Å². The summed E-state index contributed by atoms with van der Waals surface area (Å²) in [4.78, 5) is 11.8. The van der Waals surface area contributed by atoms with Crippen LogP contribution in [0.25, 0.3) is 0 Å². The standard InChI is InChI=1S/C20H23N3O2S/c1-15-7-10-26-19(15)14-23(12-16(2)24)13-17-5-3-6-18(11-17)25-20-21-8-4-9-22-20/h3-11,16,24H,12-14H2,1-2H3. The first kappa shape index (κ1) is 18.5. The van der Waals surface area contributed by atoms with E-state index in [9.17, 15) is 5.11 Å². The minimum Gasteiger partial charge on any atom is -0.424 e. The van der Waals surface area contributed by atoms with Gasteiger partial charge in [0.05, 0.1) is 6.10 Å². The van der Waals surface area contributed by atoms with Gasteiger partial charge in [0.2, 0.25) is 0 Å². The second-order valence-electron chi connectivity index (χ2n) is 6.33. The largest absolute Gasteiger partial charge is 0.424 e. The molecule has 0 saturated heterocycles. The zero-order valence-corrected chi connectivity index (χ0v) is 15.8. The molecule has 136 valence electrons. The van der Waals surface area contributed by atoms with Crippen molar-refractivity contribution < 1.29 is 9.84 Å². The molecule has 5 nitrogen and oxygen atoms in total. The maximum atomic E-state index is 9.87. The van der Waals surface area contributed by atoms with Gasteiger partial charge in [0, 0.05) is 36.9 Å². The first-order valence-electron chi connectivity index (χ1n) is 8.57. The maximum absolute atomic E-state index is 9.87. The maximum Gasteiger partial charge on any atom is 0.321 e. The molecule has 6 heteroatoms. The lowest BCUT2D eigenvalue weighted by molar-refractivity contribution is 0.118. The number of rotatable bonds is 8. The molecule has 3 rings (SSSR count). The normalized spacial score (nSPS) is 12.3. The monoisotopic (exact) mass is 369 g/mol. The van der Waals surface area contributed by atoms with E-state index in [2.05, 4.69) is 39.3 Å². The second-order valence-corrected chi connectivity index (χ2v) is 7.33. The van der Waals surface area contributed by atoms with E-state index in [1.165, 1.54) is 10.4 Å². The van der Waals surface area contributed by atoms with Crippen molar-refractivity contribution in [3.63, 3.8) is 0 Å². The van der Waals surface area contributed by atoms with Crippen molar-refractivity contribution in [1.82, 2.24) is 14.9 Å². The number of hydrogen-bond donors (Lipinski definition) is 1. The fourth-order valence-electron chi connectivity index (χ4n) is 2.74. The predicted molar refractivity (Wildman–Crippen MR) is 103 cm³/mol. The molecule has 0 fully saturated rings. The van der Waals surface area contributed by atoms with Crippen molar-refractivity contribution in [2.24, 2.45) is 0 Å². The van der Waals surface area contributed by atoms with Crippen LogP contribution in [0.1, 0.15) is 22.9 Å². The highest BCUT2D eigenvalue weighted by Gasteiger charge is 2.13. The average molecular weight is 369 g/mol. The van der Waals surface area contributed by atoms with Crippen LogP contribution in [-0.2, 0) is 13.1 Å². The minimum atomic E-state index is -0.382. The summed E-state index contributed by atoms with van der Waals surface area (Å²) in [6.07, 6.45) is 2.92. The molecular formula is C20H23N3O2S. The molecule has 1 aromatic carbocycles. The van der Waals surface area contributed by atoms with Crippen LogP contribution in [0.2, 0.25) is 0 Å². The SMILES string of the molecule is Cc1ccsc1CN(Cc1cccc(Oc2ncccn2)c1)CC(C)O. The minimum absolute atomic E-state index is 0.333. The summed E-state index contributed by atoms with van der Waals surface area (Å²) < 4.78 is 5.72. The van der Waals surface area contributed by atoms with E-state index in [1.54, 1.807) is 29.8 Å². The Morgan fingerprint density at radius 3 is 2.65 bits per heavy atom. The third kappa shape index (κ3) is 5.36. The summed E-state index contributed by atoms with van der Waals surface area (Å²) in [5, 5.41) is 12.0.